The van der Waals surface area contributed by atoms with Crippen molar-refractivity contribution in [2.24, 2.45) is 0 Å². The molecule has 0 aliphatic heterocycles. The maximum Gasteiger partial charge on any atom is 0.0903 e. The Morgan fingerprint density at radius 1 is 1.27 bits per heavy atom. The maximum atomic E-state index is 9.52. The summed E-state index contributed by atoms with van der Waals surface area (Å²) in [6, 6.07) is 9.55. The largest absolute Gasteiger partial charge is 0.387 e. The summed E-state index contributed by atoms with van der Waals surface area (Å²) in [7, 11) is 0. The van der Waals surface area contributed by atoms with Crippen LogP contribution in [0.25, 0.3) is 0 Å². The van der Waals surface area contributed by atoms with Crippen molar-refractivity contribution in [1.29, 1.82) is 0 Å². The molecule has 0 aliphatic rings. The Labute approximate surface area is 72.5 Å². The molecule has 0 saturated heterocycles. The van der Waals surface area contributed by atoms with Gasteiger partial charge >= 0.3 is 0 Å². The van der Waals surface area contributed by atoms with Crippen molar-refractivity contribution in [2.75, 3.05) is 0 Å². The second-order valence-electron chi connectivity index (χ2n) is 2.60. The standard InChI is InChI=1S/C9H12OS/c1-7(11)9(10)8-5-3-2-4-6-8/h2-7,9-11H,1H3/t7-,9?/m0/s1. The molecule has 0 aliphatic carbocycles. The van der Waals surface area contributed by atoms with E-state index in [2.05, 4.69) is 12.6 Å². The highest BCUT2D eigenvalue weighted by Gasteiger charge is 2.10. The van der Waals surface area contributed by atoms with Crippen LogP contribution in [-0.2, 0) is 0 Å². The quantitative estimate of drug-likeness (QED) is 0.647. The Kier molecular flexibility index (Phi) is 2.97. The van der Waals surface area contributed by atoms with Crippen LogP contribution in [0.3, 0.4) is 0 Å². The number of rotatable bonds is 2. The Morgan fingerprint density at radius 3 is 2.27 bits per heavy atom. The molecule has 1 rings (SSSR count). The Morgan fingerprint density at radius 2 is 1.82 bits per heavy atom. The number of thiol groups is 1. The van der Waals surface area contributed by atoms with Gasteiger partial charge in [-0.05, 0) is 5.56 Å². The SMILES string of the molecule is C[C@H](S)C(O)c1ccccc1. The lowest BCUT2D eigenvalue weighted by atomic mass is 10.1. The Bertz CT molecular complexity index is 208. The van der Waals surface area contributed by atoms with Crippen molar-refractivity contribution >= 4 is 12.6 Å². The van der Waals surface area contributed by atoms with Gasteiger partial charge < -0.3 is 5.11 Å². The Hall–Kier alpha value is -0.470. The van der Waals surface area contributed by atoms with Gasteiger partial charge in [0.05, 0.1) is 6.10 Å². The molecule has 1 aromatic carbocycles. The molecule has 60 valence electrons. The van der Waals surface area contributed by atoms with E-state index in [0.29, 0.717) is 0 Å². The minimum Gasteiger partial charge on any atom is -0.387 e. The normalized spacial score (nSPS) is 15.9. The van der Waals surface area contributed by atoms with Crippen molar-refractivity contribution in [2.45, 2.75) is 18.3 Å². The smallest absolute Gasteiger partial charge is 0.0903 e. The summed E-state index contributed by atoms with van der Waals surface area (Å²) in [5.41, 5.74) is 0.926. The first-order valence-electron chi connectivity index (χ1n) is 3.63. The highest BCUT2D eigenvalue weighted by molar-refractivity contribution is 7.80. The molecule has 0 heterocycles. The first kappa shape index (κ1) is 8.62. The molecular formula is C9H12OS. The molecule has 1 N–H and O–H groups in total. The zero-order valence-electron chi connectivity index (χ0n) is 6.44. The van der Waals surface area contributed by atoms with Gasteiger partial charge in [0.1, 0.15) is 0 Å². The molecule has 1 unspecified atom stereocenters. The van der Waals surface area contributed by atoms with E-state index in [9.17, 15) is 5.11 Å². The van der Waals surface area contributed by atoms with Crippen LogP contribution in [0.4, 0.5) is 0 Å². The first-order chi connectivity index (χ1) is 5.22. The molecule has 2 atom stereocenters. The summed E-state index contributed by atoms with van der Waals surface area (Å²) in [6.07, 6.45) is -0.459. The van der Waals surface area contributed by atoms with E-state index >= 15 is 0 Å². The van der Waals surface area contributed by atoms with Crippen LogP contribution >= 0.6 is 12.6 Å². The predicted octanol–water partition coefficient (Wildman–Crippen LogP) is 2.04. The summed E-state index contributed by atoms with van der Waals surface area (Å²) in [4.78, 5) is 0. The fraction of sp³-hybridized carbons (Fsp3) is 0.333. The summed E-state index contributed by atoms with van der Waals surface area (Å²) in [5.74, 6) is 0. The zero-order valence-corrected chi connectivity index (χ0v) is 7.33. The van der Waals surface area contributed by atoms with Gasteiger partial charge in [0.25, 0.3) is 0 Å². The molecule has 1 aromatic rings. The molecule has 0 spiro atoms. The molecule has 0 fully saturated rings. The molecule has 0 radical (unpaired) electrons. The van der Waals surface area contributed by atoms with Gasteiger partial charge in [0.2, 0.25) is 0 Å². The van der Waals surface area contributed by atoms with Gasteiger partial charge in [-0.3, -0.25) is 0 Å². The summed E-state index contributed by atoms with van der Waals surface area (Å²) < 4.78 is 0. The number of hydrogen-bond acceptors (Lipinski definition) is 2. The summed E-state index contributed by atoms with van der Waals surface area (Å²) in [5, 5.41) is 9.51. The van der Waals surface area contributed by atoms with Gasteiger partial charge in [-0.1, -0.05) is 37.3 Å². The molecule has 0 bridgehead atoms. The number of hydrogen-bond donors (Lipinski definition) is 2. The zero-order chi connectivity index (χ0) is 8.27. The van der Waals surface area contributed by atoms with Crippen molar-refractivity contribution in [3.63, 3.8) is 0 Å². The molecule has 2 heteroatoms. The molecule has 0 amide bonds. The number of benzene rings is 1. The highest BCUT2D eigenvalue weighted by Crippen LogP contribution is 2.19. The maximum absolute atomic E-state index is 9.52. The van der Waals surface area contributed by atoms with Crippen molar-refractivity contribution in [1.82, 2.24) is 0 Å². The van der Waals surface area contributed by atoms with Crippen LogP contribution in [0.2, 0.25) is 0 Å². The van der Waals surface area contributed by atoms with Crippen LogP contribution in [0.1, 0.15) is 18.6 Å². The molecule has 11 heavy (non-hydrogen) atoms. The monoisotopic (exact) mass is 168 g/mol. The van der Waals surface area contributed by atoms with E-state index in [0.717, 1.165) is 5.56 Å². The van der Waals surface area contributed by atoms with Crippen molar-refractivity contribution in [3.05, 3.63) is 35.9 Å². The van der Waals surface area contributed by atoms with Gasteiger partial charge in [-0.2, -0.15) is 12.6 Å². The third kappa shape index (κ3) is 2.24. The van der Waals surface area contributed by atoms with Gasteiger partial charge in [-0.15, -0.1) is 0 Å². The minimum absolute atomic E-state index is 0.0163. The van der Waals surface area contributed by atoms with Crippen LogP contribution in [-0.4, -0.2) is 10.4 Å². The number of aliphatic hydroxyl groups excluding tert-OH is 1. The fourth-order valence-corrected chi connectivity index (χ4v) is 1.10. The summed E-state index contributed by atoms with van der Waals surface area (Å²) in [6.45, 7) is 1.88. The van der Waals surface area contributed by atoms with E-state index in [1.54, 1.807) is 0 Å². The topological polar surface area (TPSA) is 20.2 Å². The van der Waals surface area contributed by atoms with E-state index in [-0.39, 0.29) is 5.25 Å². The molecular weight excluding hydrogens is 156 g/mol. The molecule has 0 saturated carbocycles. The third-order valence-corrected chi connectivity index (χ3v) is 1.88. The Balaban J connectivity index is 2.77. The van der Waals surface area contributed by atoms with Crippen LogP contribution in [0.15, 0.2) is 30.3 Å². The second-order valence-corrected chi connectivity index (χ2v) is 3.41. The van der Waals surface area contributed by atoms with Gasteiger partial charge in [-0.25, -0.2) is 0 Å². The first-order valence-corrected chi connectivity index (χ1v) is 4.14. The average Bonchev–Trinajstić information content (AvgIpc) is 2.05. The van der Waals surface area contributed by atoms with Crippen LogP contribution < -0.4 is 0 Å². The molecule has 1 nitrogen and oxygen atoms in total. The molecule has 0 aromatic heterocycles. The van der Waals surface area contributed by atoms with Crippen molar-refractivity contribution < 1.29 is 5.11 Å². The predicted molar refractivity (Wildman–Crippen MR) is 49.8 cm³/mol. The van der Waals surface area contributed by atoms with E-state index in [4.69, 9.17) is 0 Å². The summed E-state index contributed by atoms with van der Waals surface area (Å²) >= 11 is 4.15. The van der Waals surface area contributed by atoms with Crippen LogP contribution in [0.5, 0.6) is 0 Å². The third-order valence-electron chi connectivity index (χ3n) is 1.60. The minimum atomic E-state index is -0.459. The van der Waals surface area contributed by atoms with E-state index in [1.807, 2.05) is 37.3 Å². The van der Waals surface area contributed by atoms with Crippen molar-refractivity contribution in [3.8, 4) is 0 Å². The fourth-order valence-electron chi connectivity index (χ4n) is 0.929. The average molecular weight is 168 g/mol. The van der Waals surface area contributed by atoms with E-state index < -0.39 is 6.10 Å². The van der Waals surface area contributed by atoms with Gasteiger partial charge in [0, 0.05) is 5.25 Å². The highest BCUT2D eigenvalue weighted by atomic mass is 32.1. The van der Waals surface area contributed by atoms with E-state index in [1.165, 1.54) is 0 Å². The van der Waals surface area contributed by atoms with Crippen LogP contribution in [0, 0.1) is 0 Å². The lowest BCUT2D eigenvalue weighted by Crippen LogP contribution is -2.07. The second kappa shape index (κ2) is 3.79. The van der Waals surface area contributed by atoms with Gasteiger partial charge in [0.15, 0.2) is 0 Å². The lowest BCUT2D eigenvalue weighted by molar-refractivity contribution is 0.180. The number of aliphatic hydroxyl groups is 1. The lowest BCUT2D eigenvalue weighted by Gasteiger charge is -2.13.